The topological polar surface area (TPSA) is 26.3 Å². The smallest absolute Gasteiger partial charge is 0.132 e. The van der Waals surface area contributed by atoms with E-state index in [-0.39, 0.29) is 0 Å². The molecule has 0 bridgehead atoms. The molecule has 2 nitrogen and oxygen atoms in total. The minimum atomic E-state index is 0.468. The van der Waals surface area contributed by atoms with E-state index in [1.807, 2.05) is 24.5 Å². The van der Waals surface area contributed by atoms with Gasteiger partial charge < -0.3 is 9.53 Å². The average molecular weight is 303 g/mol. The first-order chi connectivity index (χ1) is 7.81. The molecule has 0 amide bonds. The number of carbonyl (C=O) groups excluding carboxylic acids is 1. The van der Waals surface area contributed by atoms with E-state index in [1.165, 1.54) is 0 Å². The predicted octanol–water partition coefficient (Wildman–Crippen LogP) is 3.31. The normalized spacial score (nSPS) is 10.1. The maximum atomic E-state index is 10.4. The maximum Gasteiger partial charge on any atom is 0.132 e. The Morgan fingerprint density at radius 1 is 1.50 bits per heavy atom. The zero-order chi connectivity index (χ0) is 11.8. The number of hydrogen-bond acceptors (Lipinski definition) is 3. The van der Waals surface area contributed by atoms with Crippen molar-refractivity contribution in [3.63, 3.8) is 0 Å². The standard InChI is InChI=1S/C12H15BrO2S/c1-16-12-9-10(5-7-14)3-4-11(12)15-8-2-6-13/h3-4,7,9H,2,5-6,8H2,1H3. The highest BCUT2D eigenvalue weighted by Gasteiger charge is 2.04. The molecule has 1 aromatic carbocycles. The van der Waals surface area contributed by atoms with E-state index in [4.69, 9.17) is 4.74 Å². The molecule has 0 unspecified atom stereocenters. The van der Waals surface area contributed by atoms with Crippen LogP contribution >= 0.6 is 27.7 Å². The van der Waals surface area contributed by atoms with Crippen molar-refractivity contribution in [2.75, 3.05) is 18.2 Å². The molecule has 0 aliphatic rings. The molecule has 0 radical (unpaired) electrons. The summed E-state index contributed by atoms with van der Waals surface area (Å²) in [6.07, 6.45) is 4.39. The Morgan fingerprint density at radius 3 is 2.94 bits per heavy atom. The Kier molecular flexibility index (Phi) is 6.57. The Bertz CT molecular complexity index is 342. The number of hydrogen-bond donors (Lipinski definition) is 0. The number of carbonyl (C=O) groups is 1. The lowest BCUT2D eigenvalue weighted by atomic mass is 10.1. The van der Waals surface area contributed by atoms with Crippen LogP contribution in [0.3, 0.4) is 0 Å². The fourth-order valence-corrected chi connectivity index (χ4v) is 2.12. The first-order valence-electron chi connectivity index (χ1n) is 5.11. The second-order valence-electron chi connectivity index (χ2n) is 3.25. The van der Waals surface area contributed by atoms with Gasteiger partial charge in [0.2, 0.25) is 0 Å². The number of thioether (sulfide) groups is 1. The van der Waals surface area contributed by atoms with Gasteiger partial charge in [0.25, 0.3) is 0 Å². The van der Waals surface area contributed by atoms with E-state index < -0.39 is 0 Å². The average Bonchev–Trinajstić information content (AvgIpc) is 2.31. The minimum Gasteiger partial charge on any atom is -0.492 e. The molecule has 0 N–H and O–H groups in total. The van der Waals surface area contributed by atoms with Gasteiger partial charge >= 0.3 is 0 Å². The van der Waals surface area contributed by atoms with Crippen LogP contribution in [0.4, 0.5) is 0 Å². The highest BCUT2D eigenvalue weighted by Crippen LogP contribution is 2.28. The molecule has 0 fully saturated rings. The van der Waals surface area contributed by atoms with Crippen molar-refractivity contribution in [2.45, 2.75) is 17.7 Å². The number of aldehydes is 1. The number of rotatable bonds is 7. The van der Waals surface area contributed by atoms with Crippen molar-refractivity contribution in [1.29, 1.82) is 0 Å². The molecule has 0 spiro atoms. The van der Waals surface area contributed by atoms with E-state index in [9.17, 15) is 4.79 Å². The van der Waals surface area contributed by atoms with Gasteiger partial charge in [-0.15, -0.1) is 11.8 Å². The van der Waals surface area contributed by atoms with Crippen molar-refractivity contribution in [3.8, 4) is 5.75 Å². The van der Waals surface area contributed by atoms with E-state index in [0.717, 1.165) is 34.2 Å². The number of ether oxygens (including phenoxy) is 1. The van der Waals surface area contributed by atoms with Gasteiger partial charge in [0.05, 0.1) is 6.61 Å². The summed E-state index contributed by atoms with van der Waals surface area (Å²) in [4.78, 5) is 11.5. The first-order valence-corrected chi connectivity index (χ1v) is 7.45. The Balaban J connectivity index is 2.72. The van der Waals surface area contributed by atoms with E-state index in [2.05, 4.69) is 15.9 Å². The third kappa shape index (κ3) is 4.18. The molecule has 0 heterocycles. The van der Waals surface area contributed by atoms with Crippen molar-refractivity contribution in [3.05, 3.63) is 23.8 Å². The molecular formula is C12H15BrO2S. The third-order valence-corrected chi connectivity index (χ3v) is 3.40. The summed E-state index contributed by atoms with van der Waals surface area (Å²) in [7, 11) is 0. The lowest BCUT2D eigenvalue weighted by Crippen LogP contribution is -1.99. The number of alkyl halides is 1. The van der Waals surface area contributed by atoms with Gasteiger partial charge in [-0.05, 0) is 30.4 Å². The van der Waals surface area contributed by atoms with Gasteiger partial charge in [0.1, 0.15) is 12.0 Å². The molecule has 0 aliphatic heterocycles. The van der Waals surface area contributed by atoms with Crippen molar-refractivity contribution < 1.29 is 9.53 Å². The summed E-state index contributed by atoms with van der Waals surface area (Å²) in [5.41, 5.74) is 1.03. The Morgan fingerprint density at radius 2 is 2.31 bits per heavy atom. The maximum absolute atomic E-state index is 10.4. The van der Waals surface area contributed by atoms with Crippen molar-refractivity contribution >= 4 is 34.0 Å². The van der Waals surface area contributed by atoms with Gasteiger partial charge in [-0.25, -0.2) is 0 Å². The molecule has 0 atom stereocenters. The lowest BCUT2D eigenvalue weighted by molar-refractivity contribution is -0.107. The fourth-order valence-electron chi connectivity index (χ4n) is 1.29. The predicted molar refractivity (Wildman–Crippen MR) is 71.9 cm³/mol. The highest BCUT2D eigenvalue weighted by molar-refractivity contribution is 9.09. The minimum absolute atomic E-state index is 0.468. The quantitative estimate of drug-likeness (QED) is 0.334. The molecule has 0 aliphatic carbocycles. The van der Waals surface area contributed by atoms with Gasteiger partial charge in [-0.3, -0.25) is 0 Å². The van der Waals surface area contributed by atoms with Crippen LogP contribution in [0.25, 0.3) is 0 Å². The summed E-state index contributed by atoms with van der Waals surface area (Å²) < 4.78 is 5.66. The monoisotopic (exact) mass is 302 g/mol. The zero-order valence-corrected chi connectivity index (χ0v) is 11.6. The first kappa shape index (κ1) is 13.6. The van der Waals surface area contributed by atoms with Gasteiger partial charge in [0, 0.05) is 16.6 Å². The molecule has 1 rings (SSSR count). The summed E-state index contributed by atoms with van der Waals surface area (Å²) >= 11 is 5.01. The van der Waals surface area contributed by atoms with E-state index in [1.54, 1.807) is 11.8 Å². The van der Waals surface area contributed by atoms with Crippen LogP contribution in [0.2, 0.25) is 0 Å². The van der Waals surface area contributed by atoms with Crippen molar-refractivity contribution in [1.82, 2.24) is 0 Å². The van der Waals surface area contributed by atoms with Crippen LogP contribution in [0.5, 0.6) is 5.75 Å². The van der Waals surface area contributed by atoms with Crippen LogP contribution < -0.4 is 4.74 Å². The summed E-state index contributed by atoms with van der Waals surface area (Å²) in [6, 6.07) is 5.90. The second kappa shape index (κ2) is 7.74. The molecule has 0 aromatic heterocycles. The largest absolute Gasteiger partial charge is 0.492 e. The second-order valence-corrected chi connectivity index (χ2v) is 4.89. The molecule has 88 valence electrons. The summed E-state index contributed by atoms with van der Waals surface area (Å²) in [5.74, 6) is 0.906. The van der Waals surface area contributed by atoms with Crippen LogP contribution in [0, 0.1) is 0 Å². The molecule has 0 saturated carbocycles. The third-order valence-electron chi connectivity index (χ3n) is 2.08. The fraction of sp³-hybridized carbons (Fsp3) is 0.417. The number of halogens is 1. The Hall–Kier alpha value is -0.480. The molecule has 4 heteroatoms. The SMILES string of the molecule is CSc1cc(CC=O)ccc1OCCCBr. The van der Waals surface area contributed by atoms with Crippen LogP contribution in [0.1, 0.15) is 12.0 Å². The van der Waals surface area contributed by atoms with Crippen LogP contribution in [-0.4, -0.2) is 24.5 Å². The number of benzene rings is 1. The summed E-state index contributed by atoms with van der Waals surface area (Å²) in [5, 5.41) is 0.949. The zero-order valence-electron chi connectivity index (χ0n) is 9.24. The molecule has 1 aromatic rings. The summed E-state index contributed by atoms with van der Waals surface area (Å²) in [6.45, 7) is 0.714. The molecule has 16 heavy (non-hydrogen) atoms. The van der Waals surface area contributed by atoms with Gasteiger partial charge in [-0.2, -0.15) is 0 Å². The molecule has 0 saturated heterocycles. The van der Waals surface area contributed by atoms with E-state index >= 15 is 0 Å². The lowest BCUT2D eigenvalue weighted by Gasteiger charge is -2.10. The highest BCUT2D eigenvalue weighted by atomic mass is 79.9. The van der Waals surface area contributed by atoms with Gasteiger partial charge in [0.15, 0.2) is 0 Å². The van der Waals surface area contributed by atoms with Crippen molar-refractivity contribution in [2.24, 2.45) is 0 Å². The van der Waals surface area contributed by atoms with E-state index in [0.29, 0.717) is 13.0 Å². The molecular weight excluding hydrogens is 288 g/mol. The Labute approximate surface area is 109 Å². The van der Waals surface area contributed by atoms with Crippen LogP contribution in [-0.2, 0) is 11.2 Å². The van der Waals surface area contributed by atoms with Crippen LogP contribution in [0.15, 0.2) is 23.1 Å². The van der Waals surface area contributed by atoms with Gasteiger partial charge in [-0.1, -0.05) is 22.0 Å².